The number of benzene rings is 2. The van der Waals surface area contributed by atoms with Crippen LogP contribution in [0.2, 0.25) is 15.1 Å². The number of nitrogens with zero attached hydrogens (tertiary/aromatic N) is 2. The highest BCUT2D eigenvalue weighted by atomic mass is 35.5. The predicted molar refractivity (Wildman–Crippen MR) is 103 cm³/mol. The Kier molecular flexibility index (Phi) is 5.86. The smallest absolute Gasteiger partial charge is 0.234 e. The van der Waals surface area contributed by atoms with Crippen LogP contribution in [0.5, 0.6) is 0 Å². The summed E-state index contributed by atoms with van der Waals surface area (Å²) in [5, 5.41) is 11.5. The van der Waals surface area contributed by atoms with E-state index in [-0.39, 0.29) is 11.7 Å². The van der Waals surface area contributed by atoms with Gasteiger partial charge < -0.3 is 5.32 Å². The molecule has 0 aliphatic heterocycles. The number of hydrogen-bond donors (Lipinski definition) is 2. The number of para-hydroxylation sites is 1. The van der Waals surface area contributed by atoms with Crippen LogP contribution in [-0.2, 0) is 4.79 Å². The van der Waals surface area contributed by atoms with Crippen molar-refractivity contribution in [3.63, 3.8) is 0 Å². The summed E-state index contributed by atoms with van der Waals surface area (Å²) in [6, 6.07) is 12.2. The number of H-pyrrole nitrogens is 1. The van der Waals surface area contributed by atoms with Gasteiger partial charge in [-0.2, -0.15) is 0 Å². The molecular weight excluding hydrogens is 403 g/mol. The first-order valence-corrected chi connectivity index (χ1v) is 9.20. The normalized spacial score (nSPS) is 10.7. The molecule has 0 aliphatic rings. The lowest BCUT2D eigenvalue weighted by molar-refractivity contribution is -0.113. The Balaban J connectivity index is 1.60. The van der Waals surface area contributed by atoms with Gasteiger partial charge in [0, 0.05) is 10.6 Å². The summed E-state index contributed by atoms with van der Waals surface area (Å²) >= 11 is 19.1. The second-order valence-electron chi connectivity index (χ2n) is 4.91. The van der Waals surface area contributed by atoms with E-state index in [9.17, 15) is 4.79 Å². The zero-order valence-electron chi connectivity index (χ0n) is 12.6. The van der Waals surface area contributed by atoms with Gasteiger partial charge in [-0.05, 0) is 36.4 Å². The van der Waals surface area contributed by atoms with Crippen LogP contribution in [0.15, 0.2) is 47.6 Å². The third kappa shape index (κ3) is 4.67. The zero-order chi connectivity index (χ0) is 17.8. The molecular formula is C16H11Cl3N4OS. The molecule has 0 atom stereocenters. The van der Waals surface area contributed by atoms with Crippen LogP contribution in [0.25, 0.3) is 11.4 Å². The topological polar surface area (TPSA) is 70.7 Å². The van der Waals surface area contributed by atoms with E-state index in [0.717, 1.165) is 5.56 Å². The lowest BCUT2D eigenvalue weighted by Crippen LogP contribution is -2.14. The minimum Gasteiger partial charge on any atom is -0.323 e. The minimum absolute atomic E-state index is 0.124. The Labute approximate surface area is 163 Å². The van der Waals surface area contributed by atoms with E-state index >= 15 is 0 Å². The molecule has 9 heteroatoms. The molecule has 1 amide bonds. The third-order valence-electron chi connectivity index (χ3n) is 3.14. The van der Waals surface area contributed by atoms with Crippen molar-refractivity contribution in [2.75, 3.05) is 11.1 Å². The van der Waals surface area contributed by atoms with Crippen molar-refractivity contribution in [2.24, 2.45) is 0 Å². The largest absolute Gasteiger partial charge is 0.323 e. The molecule has 0 fully saturated rings. The fourth-order valence-electron chi connectivity index (χ4n) is 1.97. The van der Waals surface area contributed by atoms with Crippen molar-refractivity contribution < 1.29 is 4.79 Å². The predicted octanol–water partition coefficient (Wildman–Crippen LogP) is 5.16. The van der Waals surface area contributed by atoms with Crippen molar-refractivity contribution in [1.29, 1.82) is 0 Å². The van der Waals surface area contributed by atoms with Crippen LogP contribution >= 0.6 is 46.6 Å². The number of aromatic amines is 1. The molecule has 0 radical (unpaired) electrons. The average molecular weight is 414 g/mol. The summed E-state index contributed by atoms with van der Waals surface area (Å²) in [5.74, 6) is 0.478. The van der Waals surface area contributed by atoms with E-state index in [4.69, 9.17) is 34.8 Å². The van der Waals surface area contributed by atoms with E-state index in [1.165, 1.54) is 11.8 Å². The first-order valence-electron chi connectivity index (χ1n) is 7.08. The summed E-state index contributed by atoms with van der Waals surface area (Å²) in [4.78, 5) is 16.4. The first kappa shape index (κ1) is 18.1. The molecule has 0 aliphatic carbocycles. The maximum absolute atomic E-state index is 12.1. The second kappa shape index (κ2) is 8.10. The fraction of sp³-hybridized carbons (Fsp3) is 0.0625. The molecule has 1 aromatic heterocycles. The average Bonchev–Trinajstić information content (AvgIpc) is 3.06. The molecule has 0 spiro atoms. The zero-order valence-corrected chi connectivity index (χ0v) is 15.7. The Hall–Kier alpha value is -1.73. The van der Waals surface area contributed by atoms with Crippen LogP contribution in [0.1, 0.15) is 0 Å². The van der Waals surface area contributed by atoms with Gasteiger partial charge in [-0.1, -0.05) is 52.6 Å². The number of amides is 1. The number of carbonyl (C=O) groups is 1. The summed E-state index contributed by atoms with van der Waals surface area (Å²) in [6.07, 6.45) is 0. The number of hydrogen-bond acceptors (Lipinski definition) is 4. The van der Waals surface area contributed by atoms with E-state index in [1.54, 1.807) is 30.3 Å². The van der Waals surface area contributed by atoms with Gasteiger partial charge in [-0.25, -0.2) is 4.98 Å². The maximum Gasteiger partial charge on any atom is 0.234 e. The Morgan fingerprint density at radius 2 is 1.76 bits per heavy atom. The SMILES string of the molecule is O=C(CSc1n[nH]c(-c2ccc(Cl)cc2)n1)Nc1c(Cl)cccc1Cl. The molecule has 0 unspecified atom stereocenters. The Bertz CT molecular complexity index is 878. The highest BCUT2D eigenvalue weighted by molar-refractivity contribution is 7.99. The molecule has 128 valence electrons. The summed E-state index contributed by atoms with van der Waals surface area (Å²) in [5.41, 5.74) is 1.25. The van der Waals surface area contributed by atoms with Crippen molar-refractivity contribution >= 4 is 58.2 Å². The minimum atomic E-state index is -0.252. The number of anilines is 1. The molecule has 2 aromatic carbocycles. The summed E-state index contributed by atoms with van der Waals surface area (Å²) < 4.78 is 0. The van der Waals surface area contributed by atoms with Crippen molar-refractivity contribution in [2.45, 2.75) is 5.16 Å². The highest BCUT2D eigenvalue weighted by Crippen LogP contribution is 2.30. The van der Waals surface area contributed by atoms with Crippen LogP contribution in [0.3, 0.4) is 0 Å². The van der Waals surface area contributed by atoms with Gasteiger partial charge in [0.1, 0.15) is 0 Å². The lowest BCUT2D eigenvalue weighted by atomic mass is 10.2. The Morgan fingerprint density at radius 3 is 2.44 bits per heavy atom. The Morgan fingerprint density at radius 1 is 1.08 bits per heavy atom. The van der Waals surface area contributed by atoms with Gasteiger partial charge in [0.05, 0.1) is 21.5 Å². The van der Waals surface area contributed by atoms with Crippen molar-refractivity contribution in [3.8, 4) is 11.4 Å². The van der Waals surface area contributed by atoms with Gasteiger partial charge >= 0.3 is 0 Å². The number of thioether (sulfide) groups is 1. The lowest BCUT2D eigenvalue weighted by Gasteiger charge is -2.08. The number of carbonyl (C=O) groups excluding carboxylic acids is 1. The van der Waals surface area contributed by atoms with Crippen LogP contribution in [-0.4, -0.2) is 26.8 Å². The van der Waals surface area contributed by atoms with Gasteiger partial charge in [0.15, 0.2) is 5.82 Å². The summed E-state index contributed by atoms with van der Waals surface area (Å²) in [6.45, 7) is 0. The maximum atomic E-state index is 12.1. The molecule has 3 rings (SSSR count). The van der Waals surface area contributed by atoms with Gasteiger partial charge in [0.25, 0.3) is 0 Å². The molecule has 3 aromatic rings. The highest BCUT2D eigenvalue weighted by Gasteiger charge is 2.12. The fourth-order valence-corrected chi connectivity index (χ4v) is 3.19. The molecule has 5 nitrogen and oxygen atoms in total. The molecule has 0 saturated heterocycles. The molecule has 25 heavy (non-hydrogen) atoms. The van der Waals surface area contributed by atoms with Gasteiger partial charge in [-0.15, -0.1) is 5.10 Å². The second-order valence-corrected chi connectivity index (χ2v) is 7.10. The number of halogens is 3. The van der Waals surface area contributed by atoms with Crippen LogP contribution < -0.4 is 5.32 Å². The van der Waals surface area contributed by atoms with E-state index < -0.39 is 0 Å². The van der Waals surface area contributed by atoms with Crippen molar-refractivity contribution in [3.05, 3.63) is 57.5 Å². The number of rotatable bonds is 5. The van der Waals surface area contributed by atoms with E-state index in [0.29, 0.717) is 31.7 Å². The van der Waals surface area contributed by atoms with E-state index in [1.807, 2.05) is 12.1 Å². The van der Waals surface area contributed by atoms with Crippen LogP contribution in [0.4, 0.5) is 5.69 Å². The van der Waals surface area contributed by atoms with Gasteiger partial charge in [-0.3, -0.25) is 9.89 Å². The number of nitrogens with one attached hydrogen (secondary N) is 2. The van der Waals surface area contributed by atoms with Crippen LogP contribution in [0, 0.1) is 0 Å². The monoisotopic (exact) mass is 412 g/mol. The molecule has 0 bridgehead atoms. The quantitative estimate of drug-likeness (QED) is 0.567. The van der Waals surface area contributed by atoms with Gasteiger partial charge in [0.2, 0.25) is 11.1 Å². The van der Waals surface area contributed by atoms with E-state index in [2.05, 4.69) is 20.5 Å². The molecule has 0 saturated carbocycles. The molecule has 1 heterocycles. The molecule has 2 N–H and O–H groups in total. The standard InChI is InChI=1S/C16H11Cl3N4OS/c17-10-6-4-9(5-7-10)15-21-16(23-22-15)25-8-13(24)20-14-11(18)2-1-3-12(14)19/h1-7H,8H2,(H,20,24)(H,21,22,23). The van der Waals surface area contributed by atoms with Crippen molar-refractivity contribution in [1.82, 2.24) is 15.2 Å². The third-order valence-corrected chi connectivity index (χ3v) is 4.87. The first-order chi connectivity index (χ1) is 12.0. The number of aromatic nitrogens is 3. The summed E-state index contributed by atoms with van der Waals surface area (Å²) in [7, 11) is 0.